The Bertz CT molecular complexity index is 682. The van der Waals surface area contributed by atoms with E-state index in [4.69, 9.17) is 4.74 Å². The average Bonchev–Trinajstić information content (AvgIpc) is 2.60. The first-order chi connectivity index (χ1) is 11.6. The van der Waals surface area contributed by atoms with Gasteiger partial charge in [-0.25, -0.2) is 0 Å². The van der Waals surface area contributed by atoms with Crippen molar-refractivity contribution < 1.29 is 9.84 Å². The minimum Gasteiger partial charge on any atom is -0.508 e. The molecular weight excluding hydrogens is 302 g/mol. The molecule has 2 rings (SSSR count). The minimum absolute atomic E-state index is 0.249. The molecule has 5 heteroatoms. The number of rotatable bonds is 6. The number of methoxy groups -OCH3 is 1. The summed E-state index contributed by atoms with van der Waals surface area (Å²) in [6.45, 7) is 3.47. The van der Waals surface area contributed by atoms with Crippen LogP contribution in [-0.4, -0.2) is 31.8 Å². The van der Waals surface area contributed by atoms with Crippen molar-refractivity contribution in [2.24, 2.45) is 4.99 Å². The van der Waals surface area contributed by atoms with Gasteiger partial charge in [0.15, 0.2) is 5.96 Å². The number of aryl methyl sites for hydroxylation is 1. The molecule has 0 radical (unpaired) electrons. The highest BCUT2D eigenvalue weighted by atomic mass is 16.5. The van der Waals surface area contributed by atoms with E-state index < -0.39 is 0 Å². The van der Waals surface area contributed by atoms with Gasteiger partial charge in [-0.2, -0.15) is 0 Å². The number of ether oxygens (including phenoxy) is 1. The molecule has 0 spiro atoms. The first kappa shape index (κ1) is 17.7. The molecule has 0 atom stereocenters. The zero-order chi connectivity index (χ0) is 17.4. The molecule has 0 amide bonds. The summed E-state index contributed by atoms with van der Waals surface area (Å²) in [6, 6.07) is 13.7. The predicted octanol–water partition coefficient (Wildman–Crippen LogP) is 2.62. The third-order valence-electron chi connectivity index (χ3n) is 3.78. The molecule has 0 aromatic heterocycles. The largest absolute Gasteiger partial charge is 0.508 e. The van der Waals surface area contributed by atoms with Crippen LogP contribution in [-0.2, 0) is 13.0 Å². The van der Waals surface area contributed by atoms with Gasteiger partial charge >= 0.3 is 0 Å². The van der Waals surface area contributed by atoms with E-state index in [0.29, 0.717) is 25.3 Å². The van der Waals surface area contributed by atoms with Crippen molar-refractivity contribution in [3.05, 3.63) is 59.2 Å². The van der Waals surface area contributed by atoms with Crippen molar-refractivity contribution in [3.8, 4) is 11.5 Å². The lowest BCUT2D eigenvalue weighted by Crippen LogP contribution is -2.37. The van der Waals surface area contributed by atoms with E-state index in [9.17, 15) is 5.11 Å². The van der Waals surface area contributed by atoms with Crippen molar-refractivity contribution in [2.75, 3.05) is 20.7 Å². The van der Waals surface area contributed by atoms with Gasteiger partial charge in [0.1, 0.15) is 11.5 Å². The van der Waals surface area contributed by atoms with E-state index in [-0.39, 0.29) is 5.75 Å². The molecule has 0 saturated carbocycles. The minimum atomic E-state index is 0.249. The number of phenolic OH excluding ortho intramolecular Hbond substituents is 1. The molecule has 3 N–H and O–H groups in total. The zero-order valence-electron chi connectivity index (χ0n) is 14.5. The molecule has 0 bridgehead atoms. The van der Waals surface area contributed by atoms with Crippen LogP contribution in [0.4, 0.5) is 0 Å². The van der Waals surface area contributed by atoms with Crippen molar-refractivity contribution in [1.82, 2.24) is 10.6 Å². The highest BCUT2D eigenvalue weighted by molar-refractivity contribution is 5.79. The Morgan fingerprint density at radius 1 is 1.12 bits per heavy atom. The Labute approximate surface area is 143 Å². The summed E-state index contributed by atoms with van der Waals surface area (Å²) in [5, 5.41) is 16.5. The van der Waals surface area contributed by atoms with Crippen LogP contribution in [0.5, 0.6) is 11.5 Å². The molecule has 2 aromatic rings. The molecule has 24 heavy (non-hydrogen) atoms. The first-order valence-corrected chi connectivity index (χ1v) is 7.98. The lowest BCUT2D eigenvalue weighted by atomic mass is 10.1. The van der Waals surface area contributed by atoms with Gasteiger partial charge in [0, 0.05) is 26.2 Å². The number of aliphatic imine (C=N–C) groups is 1. The van der Waals surface area contributed by atoms with Crippen molar-refractivity contribution in [3.63, 3.8) is 0 Å². The van der Waals surface area contributed by atoms with Crippen LogP contribution in [0, 0.1) is 6.92 Å². The van der Waals surface area contributed by atoms with Gasteiger partial charge in [-0.05, 0) is 30.5 Å². The van der Waals surface area contributed by atoms with Crippen LogP contribution >= 0.6 is 0 Å². The Balaban J connectivity index is 1.80. The van der Waals surface area contributed by atoms with Crippen molar-refractivity contribution in [1.29, 1.82) is 0 Å². The smallest absolute Gasteiger partial charge is 0.191 e. The van der Waals surface area contributed by atoms with Gasteiger partial charge in [-0.15, -0.1) is 0 Å². The highest BCUT2D eigenvalue weighted by Gasteiger charge is 2.04. The third-order valence-corrected chi connectivity index (χ3v) is 3.78. The van der Waals surface area contributed by atoms with Crippen LogP contribution in [0.3, 0.4) is 0 Å². The van der Waals surface area contributed by atoms with Gasteiger partial charge < -0.3 is 20.5 Å². The van der Waals surface area contributed by atoms with Gasteiger partial charge in [-0.1, -0.05) is 35.9 Å². The number of guanidine groups is 1. The van der Waals surface area contributed by atoms with E-state index in [0.717, 1.165) is 11.5 Å². The Morgan fingerprint density at radius 2 is 1.88 bits per heavy atom. The second-order valence-electron chi connectivity index (χ2n) is 5.58. The second kappa shape index (κ2) is 8.82. The summed E-state index contributed by atoms with van der Waals surface area (Å²) >= 11 is 0. The van der Waals surface area contributed by atoms with Crippen LogP contribution in [0.2, 0.25) is 0 Å². The molecule has 5 nitrogen and oxygen atoms in total. The molecule has 2 aromatic carbocycles. The lowest BCUT2D eigenvalue weighted by Gasteiger charge is -2.13. The van der Waals surface area contributed by atoms with Crippen molar-refractivity contribution >= 4 is 5.96 Å². The maximum absolute atomic E-state index is 9.97. The Morgan fingerprint density at radius 3 is 2.50 bits per heavy atom. The van der Waals surface area contributed by atoms with Crippen LogP contribution in [0.15, 0.2) is 47.5 Å². The van der Waals surface area contributed by atoms with Crippen LogP contribution in [0.1, 0.15) is 16.7 Å². The third kappa shape index (κ3) is 5.19. The molecule has 128 valence electrons. The van der Waals surface area contributed by atoms with E-state index in [2.05, 4.69) is 46.8 Å². The SMILES string of the molecule is CN=C(NCCc1ccc(OC)cc1O)NCc1ccc(C)cc1. The van der Waals surface area contributed by atoms with Gasteiger partial charge in [-0.3, -0.25) is 4.99 Å². The number of benzene rings is 2. The molecule has 0 heterocycles. The Hall–Kier alpha value is -2.69. The molecule has 0 fully saturated rings. The summed E-state index contributed by atoms with van der Waals surface area (Å²) in [6.07, 6.45) is 0.695. The number of phenols is 1. The predicted molar refractivity (Wildman–Crippen MR) is 97.7 cm³/mol. The monoisotopic (exact) mass is 327 g/mol. The van der Waals surface area contributed by atoms with Crippen LogP contribution < -0.4 is 15.4 Å². The molecule has 0 aliphatic rings. The summed E-state index contributed by atoms with van der Waals surface area (Å²) in [7, 11) is 3.33. The summed E-state index contributed by atoms with van der Waals surface area (Å²) in [5.74, 6) is 1.64. The summed E-state index contributed by atoms with van der Waals surface area (Å²) in [5.41, 5.74) is 3.33. The fourth-order valence-corrected chi connectivity index (χ4v) is 2.31. The van der Waals surface area contributed by atoms with Crippen LogP contribution in [0.25, 0.3) is 0 Å². The van der Waals surface area contributed by atoms with E-state index in [1.807, 2.05) is 12.1 Å². The lowest BCUT2D eigenvalue weighted by molar-refractivity contribution is 0.406. The van der Waals surface area contributed by atoms with E-state index in [1.165, 1.54) is 11.1 Å². The molecular formula is C19H25N3O2. The summed E-state index contributed by atoms with van der Waals surface area (Å²) < 4.78 is 5.09. The number of nitrogens with one attached hydrogen (secondary N) is 2. The number of hydrogen-bond acceptors (Lipinski definition) is 3. The normalized spacial score (nSPS) is 11.2. The van der Waals surface area contributed by atoms with Gasteiger partial charge in [0.25, 0.3) is 0 Å². The van der Waals surface area contributed by atoms with E-state index in [1.54, 1.807) is 20.2 Å². The molecule has 0 saturated heterocycles. The average molecular weight is 327 g/mol. The molecule has 0 aliphatic heterocycles. The standard InChI is InChI=1S/C19H25N3O2/c1-14-4-6-15(7-5-14)13-22-19(20-2)21-11-10-16-8-9-17(24-3)12-18(16)23/h4-9,12,23H,10-11,13H2,1-3H3,(H2,20,21,22). The maximum atomic E-state index is 9.97. The first-order valence-electron chi connectivity index (χ1n) is 7.98. The van der Waals surface area contributed by atoms with E-state index >= 15 is 0 Å². The number of nitrogens with zero attached hydrogens (tertiary/aromatic N) is 1. The topological polar surface area (TPSA) is 65.9 Å². The van der Waals surface area contributed by atoms with Crippen molar-refractivity contribution in [2.45, 2.75) is 19.9 Å². The van der Waals surface area contributed by atoms with Gasteiger partial charge in [0.05, 0.1) is 7.11 Å². The molecule has 0 aliphatic carbocycles. The second-order valence-corrected chi connectivity index (χ2v) is 5.58. The fourth-order valence-electron chi connectivity index (χ4n) is 2.31. The fraction of sp³-hybridized carbons (Fsp3) is 0.316. The maximum Gasteiger partial charge on any atom is 0.191 e. The zero-order valence-corrected chi connectivity index (χ0v) is 14.5. The van der Waals surface area contributed by atoms with Gasteiger partial charge in [0.2, 0.25) is 0 Å². The summed E-state index contributed by atoms with van der Waals surface area (Å²) in [4.78, 5) is 4.21. The Kier molecular flexibility index (Phi) is 6.49. The molecule has 0 unspecified atom stereocenters. The quantitative estimate of drug-likeness (QED) is 0.564. The number of aromatic hydroxyl groups is 1. The highest BCUT2D eigenvalue weighted by Crippen LogP contribution is 2.23. The number of hydrogen-bond donors (Lipinski definition) is 3.